The number of rotatable bonds is 5. The maximum absolute atomic E-state index is 14.0. The summed E-state index contributed by atoms with van der Waals surface area (Å²) in [7, 11) is 1.62. The number of likely N-dealkylation sites (tertiary alicyclic amines) is 1. The number of pyridine rings is 2. The molecule has 0 amide bonds. The second-order valence-corrected chi connectivity index (χ2v) is 12.0. The Labute approximate surface area is 234 Å². The Balaban J connectivity index is 1.57. The molecule has 8 heteroatoms. The molecule has 0 radical (unpaired) electrons. The molecule has 1 atom stereocenters. The number of piperidine rings is 1. The van der Waals surface area contributed by atoms with E-state index in [4.69, 9.17) is 26.1 Å². The van der Waals surface area contributed by atoms with Crippen LogP contribution in [-0.2, 0) is 39.6 Å². The molecule has 1 unspecified atom stereocenters. The van der Waals surface area contributed by atoms with Crippen LogP contribution in [0.4, 0.5) is 0 Å². The highest BCUT2D eigenvalue weighted by Gasteiger charge is 2.42. The van der Waals surface area contributed by atoms with Gasteiger partial charge in [-0.15, -0.1) is 0 Å². The van der Waals surface area contributed by atoms with Crippen LogP contribution in [0.3, 0.4) is 0 Å². The van der Waals surface area contributed by atoms with E-state index >= 15 is 0 Å². The Morgan fingerprint density at radius 3 is 2.67 bits per heavy atom. The Hall–Kier alpha value is -2.74. The van der Waals surface area contributed by atoms with E-state index in [-0.39, 0.29) is 24.6 Å². The van der Waals surface area contributed by atoms with Crippen LogP contribution in [0.5, 0.6) is 0 Å². The van der Waals surface area contributed by atoms with Gasteiger partial charge >= 0.3 is 5.97 Å². The van der Waals surface area contributed by atoms with Crippen LogP contribution < -0.4 is 5.56 Å². The Kier molecular flexibility index (Phi) is 6.81. The lowest BCUT2D eigenvalue weighted by Gasteiger charge is -2.32. The van der Waals surface area contributed by atoms with E-state index in [1.54, 1.807) is 11.7 Å². The Bertz CT molecular complexity index is 1540. The van der Waals surface area contributed by atoms with Gasteiger partial charge in [0.1, 0.15) is 12.2 Å². The van der Waals surface area contributed by atoms with Crippen molar-refractivity contribution >= 4 is 28.5 Å². The number of esters is 1. The number of hydrogen-bond acceptors (Lipinski definition) is 6. The number of hydrogen-bond donors (Lipinski definition) is 0. The number of cyclic esters (lactones) is 1. The van der Waals surface area contributed by atoms with Crippen molar-refractivity contribution in [2.45, 2.75) is 78.2 Å². The summed E-state index contributed by atoms with van der Waals surface area (Å²) >= 11 is 6.57. The molecule has 2 aromatic heterocycles. The van der Waals surface area contributed by atoms with E-state index in [9.17, 15) is 9.59 Å². The molecular weight excluding hydrogens is 514 g/mol. The zero-order valence-corrected chi connectivity index (χ0v) is 24.0. The van der Waals surface area contributed by atoms with Crippen molar-refractivity contribution < 1.29 is 14.3 Å². The van der Waals surface area contributed by atoms with Crippen LogP contribution in [0.2, 0.25) is 5.02 Å². The van der Waals surface area contributed by atoms with Crippen molar-refractivity contribution in [1.29, 1.82) is 0 Å². The van der Waals surface area contributed by atoms with Crippen LogP contribution >= 0.6 is 11.6 Å². The van der Waals surface area contributed by atoms with Crippen LogP contribution in [0.25, 0.3) is 22.3 Å². The molecule has 1 fully saturated rings. The van der Waals surface area contributed by atoms with Gasteiger partial charge in [0.05, 0.1) is 35.4 Å². The fourth-order valence-electron chi connectivity index (χ4n) is 6.69. The normalized spacial score (nSPS) is 21.4. The molecule has 206 valence electrons. The number of halogens is 1. The molecule has 0 aliphatic carbocycles. The third kappa shape index (κ3) is 4.39. The number of fused-ring (bicyclic) bond motifs is 5. The van der Waals surface area contributed by atoms with Gasteiger partial charge in [-0.3, -0.25) is 14.5 Å². The lowest BCUT2D eigenvalue weighted by molar-refractivity contribution is -0.151. The SMILES string of the molecule is CCCC1(OC)CC(=O)OCc2c1cc1n(c2=O)Cc2c-1nc1cc(Cl)c(C)cc1c2CN1CCC(C)CC1. The Morgan fingerprint density at radius 2 is 1.95 bits per heavy atom. The van der Waals surface area contributed by atoms with E-state index in [1.165, 1.54) is 18.4 Å². The van der Waals surface area contributed by atoms with Gasteiger partial charge < -0.3 is 14.0 Å². The predicted molar refractivity (Wildman–Crippen MR) is 152 cm³/mol. The summed E-state index contributed by atoms with van der Waals surface area (Å²) < 4.78 is 13.3. The summed E-state index contributed by atoms with van der Waals surface area (Å²) in [5.74, 6) is 0.400. The summed E-state index contributed by atoms with van der Waals surface area (Å²) in [5.41, 5.74) is 5.98. The molecule has 0 bridgehead atoms. The molecule has 0 N–H and O–H groups in total. The standard InChI is InChI=1S/C31H36ClN3O4/c1-5-8-31(38-4)14-28(36)39-17-23-24(31)12-27-29-22(16-35(27)30(23)37)21(15-34-9-6-18(2)7-10-34)20-11-19(3)25(32)13-26(20)33-29/h11-13,18H,5-10,14-17H2,1-4H3. The maximum atomic E-state index is 14.0. The summed E-state index contributed by atoms with van der Waals surface area (Å²) in [6, 6.07) is 6.12. The molecule has 5 heterocycles. The minimum Gasteiger partial charge on any atom is -0.460 e. The predicted octanol–water partition coefficient (Wildman–Crippen LogP) is 5.71. The second-order valence-electron chi connectivity index (χ2n) is 11.6. The van der Waals surface area contributed by atoms with Crippen LogP contribution in [-0.4, -0.2) is 40.6 Å². The first kappa shape index (κ1) is 26.5. The lowest BCUT2D eigenvalue weighted by atomic mass is 9.83. The monoisotopic (exact) mass is 549 g/mol. The van der Waals surface area contributed by atoms with Gasteiger partial charge in [-0.1, -0.05) is 31.9 Å². The first-order chi connectivity index (χ1) is 18.7. The number of carbonyl (C=O) groups is 1. The van der Waals surface area contributed by atoms with Crippen LogP contribution in [0.1, 0.15) is 73.8 Å². The largest absolute Gasteiger partial charge is 0.460 e. The van der Waals surface area contributed by atoms with Gasteiger partial charge in [-0.05, 0) is 80.1 Å². The molecule has 3 aliphatic heterocycles. The fraction of sp³-hybridized carbons (Fsp3) is 0.516. The molecular formula is C31H36ClN3O4. The summed E-state index contributed by atoms with van der Waals surface area (Å²) in [5, 5.41) is 1.78. The number of carbonyl (C=O) groups excluding carboxylic acids is 1. The maximum Gasteiger partial charge on any atom is 0.309 e. The van der Waals surface area contributed by atoms with Crippen molar-refractivity contribution in [1.82, 2.24) is 14.5 Å². The van der Waals surface area contributed by atoms with Gasteiger partial charge in [0.2, 0.25) is 0 Å². The van der Waals surface area contributed by atoms with Gasteiger partial charge in [-0.25, -0.2) is 4.98 Å². The third-order valence-electron chi connectivity index (χ3n) is 9.04. The third-order valence-corrected chi connectivity index (χ3v) is 9.45. The molecule has 0 saturated carbocycles. The number of benzene rings is 1. The Morgan fingerprint density at radius 1 is 1.18 bits per heavy atom. The molecule has 6 rings (SSSR count). The van der Waals surface area contributed by atoms with Crippen LogP contribution in [0, 0.1) is 12.8 Å². The first-order valence-corrected chi connectivity index (χ1v) is 14.4. The summed E-state index contributed by atoms with van der Waals surface area (Å²) in [6.45, 7) is 9.75. The van der Waals surface area contributed by atoms with E-state index in [2.05, 4.69) is 24.8 Å². The van der Waals surface area contributed by atoms with Crippen molar-refractivity contribution in [2.24, 2.45) is 5.92 Å². The number of aryl methyl sites for hydroxylation is 1. The topological polar surface area (TPSA) is 73.7 Å². The van der Waals surface area contributed by atoms with Gasteiger partial charge in [-0.2, -0.15) is 0 Å². The van der Waals surface area contributed by atoms with Gasteiger partial charge in [0.15, 0.2) is 0 Å². The number of aromatic nitrogens is 2. The quantitative estimate of drug-likeness (QED) is 0.297. The minimum absolute atomic E-state index is 0.0402. The summed E-state index contributed by atoms with van der Waals surface area (Å²) in [6.07, 6.45) is 3.88. The second kappa shape index (κ2) is 10.0. The molecule has 7 nitrogen and oxygen atoms in total. The molecule has 39 heavy (non-hydrogen) atoms. The molecule has 3 aliphatic rings. The number of methoxy groups -OCH3 is 1. The van der Waals surface area contributed by atoms with Crippen molar-refractivity contribution in [3.8, 4) is 11.4 Å². The van der Waals surface area contributed by atoms with Crippen molar-refractivity contribution in [3.63, 3.8) is 0 Å². The summed E-state index contributed by atoms with van der Waals surface area (Å²) in [4.78, 5) is 34.3. The van der Waals surface area contributed by atoms with E-state index in [1.807, 2.05) is 19.1 Å². The van der Waals surface area contributed by atoms with Gasteiger partial charge in [0, 0.05) is 29.6 Å². The van der Waals surface area contributed by atoms with Crippen molar-refractivity contribution in [2.75, 3.05) is 20.2 Å². The highest BCUT2D eigenvalue weighted by atomic mass is 35.5. The fourth-order valence-corrected chi connectivity index (χ4v) is 6.85. The number of ether oxygens (including phenoxy) is 2. The average molecular weight is 550 g/mol. The zero-order valence-electron chi connectivity index (χ0n) is 23.2. The lowest BCUT2D eigenvalue weighted by Crippen LogP contribution is -2.34. The highest BCUT2D eigenvalue weighted by molar-refractivity contribution is 6.32. The van der Waals surface area contributed by atoms with E-state index in [0.29, 0.717) is 23.6 Å². The average Bonchev–Trinajstić information content (AvgIpc) is 3.21. The van der Waals surface area contributed by atoms with Crippen molar-refractivity contribution in [3.05, 3.63) is 61.4 Å². The molecule has 1 saturated heterocycles. The van der Waals surface area contributed by atoms with Crippen LogP contribution in [0.15, 0.2) is 23.0 Å². The molecule has 3 aromatic rings. The van der Waals surface area contributed by atoms with E-state index < -0.39 is 5.60 Å². The first-order valence-electron chi connectivity index (χ1n) is 14.1. The minimum atomic E-state index is -0.903. The van der Waals surface area contributed by atoms with E-state index in [0.717, 1.165) is 71.0 Å². The zero-order chi connectivity index (χ0) is 27.5. The molecule has 0 spiro atoms. The smallest absolute Gasteiger partial charge is 0.309 e. The number of nitrogens with zero attached hydrogens (tertiary/aromatic N) is 3. The van der Waals surface area contributed by atoms with Gasteiger partial charge in [0.25, 0.3) is 5.56 Å². The highest BCUT2D eigenvalue weighted by Crippen LogP contribution is 2.43. The molecule has 1 aromatic carbocycles.